The van der Waals surface area contributed by atoms with Crippen LogP contribution < -0.4 is 10.6 Å². The summed E-state index contributed by atoms with van der Waals surface area (Å²) in [5, 5.41) is 16.5. The minimum absolute atomic E-state index is 0.273. The zero-order valence-corrected chi connectivity index (χ0v) is 22.9. The Hall–Kier alpha value is -2.71. The molecule has 1 unspecified atom stereocenters. The maximum absolute atomic E-state index is 12.8. The van der Waals surface area contributed by atoms with E-state index in [1.807, 2.05) is 48.7 Å². The third-order valence-electron chi connectivity index (χ3n) is 5.62. The standard InChI is InChI=1S/C26H24Cl3N5OS/c1-15-7-4-5-8-18(15)14-36-26-33-32-24(34(26)22-13-19(27)12-11-16(22)2)17(3)30-25(35)31-21-10-6-9-20(28)23(21)29/h4-13,17H,14H2,1-3H3,(H2,30,31,35). The second kappa shape index (κ2) is 11.6. The van der Waals surface area contributed by atoms with Crippen molar-refractivity contribution in [3.8, 4) is 5.69 Å². The number of hydrogen-bond acceptors (Lipinski definition) is 4. The van der Waals surface area contributed by atoms with Gasteiger partial charge in [-0.15, -0.1) is 10.2 Å². The van der Waals surface area contributed by atoms with Gasteiger partial charge in [-0.25, -0.2) is 4.79 Å². The number of urea groups is 1. The Bertz CT molecular complexity index is 1410. The van der Waals surface area contributed by atoms with Gasteiger partial charge in [-0.3, -0.25) is 4.57 Å². The largest absolute Gasteiger partial charge is 0.328 e. The molecule has 36 heavy (non-hydrogen) atoms. The van der Waals surface area contributed by atoms with Crippen molar-refractivity contribution in [3.05, 3.63) is 98.2 Å². The molecule has 3 aromatic carbocycles. The van der Waals surface area contributed by atoms with Crippen LogP contribution in [0.5, 0.6) is 0 Å². The lowest BCUT2D eigenvalue weighted by Gasteiger charge is -2.18. The molecule has 6 nitrogen and oxygen atoms in total. The number of amides is 2. The lowest BCUT2D eigenvalue weighted by Crippen LogP contribution is -2.32. The molecule has 10 heteroatoms. The van der Waals surface area contributed by atoms with E-state index >= 15 is 0 Å². The van der Waals surface area contributed by atoms with E-state index in [4.69, 9.17) is 34.8 Å². The van der Waals surface area contributed by atoms with Crippen LogP contribution in [0.4, 0.5) is 10.5 Å². The first-order valence-corrected chi connectivity index (χ1v) is 13.3. The van der Waals surface area contributed by atoms with E-state index in [0.29, 0.717) is 26.7 Å². The van der Waals surface area contributed by atoms with Crippen molar-refractivity contribution < 1.29 is 4.79 Å². The monoisotopic (exact) mass is 559 g/mol. The summed E-state index contributed by atoms with van der Waals surface area (Å²) in [4.78, 5) is 12.8. The molecule has 1 heterocycles. The van der Waals surface area contributed by atoms with Crippen LogP contribution in [0.25, 0.3) is 5.69 Å². The summed E-state index contributed by atoms with van der Waals surface area (Å²) < 4.78 is 1.95. The van der Waals surface area contributed by atoms with E-state index in [1.54, 1.807) is 30.0 Å². The Morgan fingerprint density at radius 1 is 1.00 bits per heavy atom. The molecule has 0 aliphatic carbocycles. The second-order valence-electron chi connectivity index (χ2n) is 8.24. The normalized spacial score (nSPS) is 11.8. The fourth-order valence-electron chi connectivity index (χ4n) is 3.64. The molecule has 1 atom stereocenters. The minimum Gasteiger partial charge on any atom is -0.328 e. The maximum Gasteiger partial charge on any atom is 0.319 e. The van der Waals surface area contributed by atoms with E-state index in [2.05, 4.69) is 39.9 Å². The average Bonchev–Trinajstić information content (AvgIpc) is 3.27. The summed E-state index contributed by atoms with van der Waals surface area (Å²) in [5.41, 5.74) is 4.68. The highest BCUT2D eigenvalue weighted by Gasteiger charge is 2.23. The summed E-state index contributed by atoms with van der Waals surface area (Å²) in [5.74, 6) is 1.29. The van der Waals surface area contributed by atoms with E-state index in [9.17, 15) is 4.79 Å². The summed E-state index contributed by atoms with van der Waals surface area (Å²) in [7, 11) is 0. The molecule has 0 aliphatic rings. The zero-order valence-electron chi connectivity index (χ0n) is 19.8. The third kappa shape index (κ3) is 5.98. The molecule has 0 fully saturated rings. The van der Waals surface area contributed by atoms with Gasteiger partial charge in [0.05, 0.1) is 27.5 Å². The smallest absolute Gasteiger partial charge is 0.319 e. The van der Waals surface area contributed by atoms with Crippen LogP contribution >= 0.6 is 46.6 Å². The summed E-state index contributed by atoms with van der Waals surface area (Å²) in [6, 6.07) is 18.0. The maximum atomic E-state index is 12.8. The molecule has 4 rings (SSSR count). The van der Waals surface area contributed by atoms with Crippen molar-refractivity contribution in [1.82, 2.24) is 20.1 Å². The van der Waals surface area contributed by atoms with Gasteiger partial charge in [0.25, 0.3) is 0 Å². The Morgan fingerprint density at radius 3 is 2.56 bits per heavy atom. The fraction of sp³-hybridized carbons (Fsp3) is 0.192. The lowest BCUT2D eigenvalue weighted by atomic mass is 10.1. The number of rotatable bonds is 7. The van der Waals surface area contributed by atoms with Crippen molar-refractivity contribution in [2.24, 2.45) is 0 Å². The third-order valence-corrected chi connectivity index (χ3v) is 7.65. The van der Waals surface area contributed by atoms with Gasteiger partial charge in [-0.2, -0.15) is 0 Å². The number of carbonyl (C=O) groups excluding carboxylic acids is 1. The quantitative estimate of drug-likeness (QED) is 0.225. The van der Waals surface area contributed by atoms with Crippen LogP contribution in [-0.4, -0.2) is 20.8 Å². The number of carbonyl (C=O) groups is 1. The van der Waals surface area contributed by atoms with Crippen LogP contribution in [0, 0.1) is 13.8 Å². The van der Waals surface area contributed by atoms with E-state index < -0.39 is 12.1 Å². The number of aryl methyl sites for hydroxylation is 2. The molecule has 0 spiro atoms. The molecule has 0 saturated carbocycles. The molecule has 186 valence electrons. The molecular weight excluding hydrogens is 537 g/mol. The fourth-order valence-corrected chi connectivity index (χ4v) is 5.18. The highest BCUT2D eigenvalue weighted by atomic mass is 35.5. The number of benzene rings is 3. The number of thioether (sulfide) groups is 1. The first-order valence-electron chi connectivity index (χ1n) is 11.1. The first-order chi connectivity index (χ1) is 17.2. The van der Waals surface area contributed by atoms with Gasteiger partial charge in [0.2, 0.25) is 0 Å². The highest BCUT2D eigenvalue weighted by molar-refractivity contribution is 7.98. The Balaban J connectivity index is 1.63. The molecular formula is C26H24Cl3N5OS. The number of anilines is 1. The SMILES string of the molecule is Cc1ccccc1CSc1nnc(C(C)NC(=O)Nc2cccc(Cl)c2Cl)n1-c1cc(Cl)ccc1C. The predicted molar refractivity (Wildman–Crippen MR) is 149 cm³/mol. The number of halogens is 3. The Labute approximate surface area is 229 Å². The van der Waals surface area contributed by atoms with Crippen LogP contribution in [0.1, 0.15) is 35.5 Å². The molecule has 0 aliphatic heterocycles. The van der Waals surface area contributed by atoms with E-state index in [0.717, 1.165) is 17.0 Å². The first kappa shape index (κ1) is 26.4. The van der Waals surface area contributed by atoms with Gasteiger partial charge in [0.15, 0.2) is 11.0 Å². The number of hydrogen-bond donors (Lipinski definition) is 2. The average molecular weight is 561 g/mol. The Morgan fingerprint density at radius 2 is 1.78 bits per heavy atom. The van der Waals surface area contributed by atoms with Gasteiger partial charge < -0.3 is 10.6 Å². The number of nitrogens with zero attached hydrogens (tertiary/aromatic N) is 3. The summed E-state index contributed by atoms with van der Waals surface area (Å²) in [6.45, 7) is 5.93. The Kier molecular flexibility index (Phi) is 8.46. The van der Waals surface area contributed by atoms with E-state index in [-0.39, 0.29) is 5.02 Å². The van der Waals surface area contributed by atoms with Gasteiger partial charge >= 0.3 is 6.03 Å². The van der Waals surface area contributed by atoms with Gasteiger partial charge in [-0.05, 0) is 61.7 Å². The molecule has 2 amide bonds. The number of nitrogens with one attached hydrogen (secondary N) is 2. The van der Waals surface area contributed by atoms with Crippen LogP contribution in [0.2, 0.25) is 15.1 Å². The molecule has 0 saturated heterocycles. The number of aromatic nitrogens is 3. The van der Waals surface area contributed by atoms with Gasteiger partial charge in [-0.1, -0.05) is 83.0 Å². The predicted octanol–water partition coefficient (Wildman–Crippen LogP) is 8.02. The van der Waals surface area contributed by atoms with Crippen molar-refractivity contribution in [1.29, 1.82) is 0 Å². The van der Waals surface area contributed by atoms with E-state index in [1.165, 1.54) is 11.1 Å². The molecule has 1 aromatic heterocycles. The highest BCUT2D eigenvalue weighted by Crippen LogP contribution is 2.32. The lowest BCUT2D eigenvalue weighted by molar-refractivity contribution is 0.249. The van der Waals surface area contributed by atoms with Crippen molar-refractivity contribution >= 4 is 58.3 Å². The topological polar surface area (TPSA) is 71.8 Å². The summed E-state index contributed by atoms with van der Waals surface area (Å²) in [6.07, 6.45) is 0. The van der Waals surface area contributed by atoms with Crippen LogP contribution in [0.15, 0.2) is 65.8 Å². The molecule has 2 N–H and O–H groups in total. The molecule has 0 radical (unpaired) electrons. The van der Waals surface area contributed by atoms with Crippen molar-refractivity contribution in [2.45, 2.75) is 37.7 Å². The molecule has 0 bridgehead atoms. The second-order valence-corrected chi connectivity index (χ2v) is 10.4. The zero-order chi connectivity index (χ0) is 25.8. The van der Waals surface area contributed by atoms with Crippen molar-refractivity contribution in [2.75, 3.05) is 5.32 Å². The van der Waals surface area contributed by atoms with Gasteiger partial charge in [0.1, 0.15) is 0 Å². The molecule has 4 aromatic rings. The minimum atomic E-state index is -0.485. The van der Waals surface area contributed by atoms with Gasteiger partial charge in [0, 0.05) is 10.8 Å². The van der Waals surface area contributed by atoms with Crippen LogP contribution in [-0.2, 0) is 5.75 Å². The van der Waals surface area contributed by atoms with Crippen LogP contribution in [0.3, 0.4) is 0 Å². The van der Waals surface area contributed by atoms with Crippen molar-refractivity contribution in [3.63, 3.8) is 0 Å². The summed E-state index contributed by atoms with van der Waals surface area (Å²) >= 11 is 20.2.